The molecule has 0 aliphatic carbocycles. The fourth-order valence-corrected chi connectivity index (χ4v) is 3.55. The maximum atomic E-state index is 11.8. The van der Waals surface area contributed by atoms with E-state index < -0.39 is 0 Å². The molecule has 0 fully saturated rings. The van der Waals surface area contributed by atoms with Crippen LogP contribution in [0, 0.1) is 0 Å². The van der Waals surface area contributed by atoms with Crippen LogP contribution in [0.2, 0.25) is 5.02 Å². The van der Waals surface area contributed by atoms with Crippen molar-refractivity contribution in [1.82, 2.24) is 4.40 Å². The predicted octanol–water partition coefficient (Wildman–Crippen LogP) is 6.21. The summed E-state index contributed by atoms with van der Waals surface area (Å²) in [4.78, 5) is 11.8. The molecule has 140 valence electrons. The standard InChI is InChI=1S/C24H20ClNO2/c1-2-17-8-10-20-13-21(23(15-27)26(20)14-17)19-9-11-24(22(25)12-19)28-16-18-6-4-3-5-7-18/h3-15H,2,16H2,1H3. The molecule has 4 rings (SSSR count). The van der Waals surface area contributed by atoms with E-state index in [1.54, 1.807) is 0 Å². The number of carbonyl (C=O) groups excluding carboxylic acids is 1. The van der Waals surface area contributed by atoms with Crippen LogP contribution in [-0.4, -0.2) is 10.7 Å². The minimum atomic E-state index is 0.454. The number of benzene rings is 2. The predicted molar refractivity (Wildman–Crippen MR) is 113 cm³/mol. The molecule has 0 atom stereocenters. The lowest BCUT2D eigenvalue weighted by atomic mass is 10.1. The van der Waals surface area contributed by atoms with Gasteiger partial charge in [0.25, 0.3) is 0 Å². The number of rotatable bonds is 6. The number of hydrogen-bond donors (Lipinski definition) is 0. The Kier molecular flexibility index (Phi) is 5.18. The van der Waals surface area contributed by atoms with Crippen LogP contribution >= 0.6 is 11.6 Å². The van der Waals surface area contributed by atoms with Gasteiger partial charge in [-0.05, 0) is 47.4 Å². The van der Waals surface area contributed by atoms with E-state index in [2.05, 4.69) is 13.0 Å². The van der Waals surface area contributed by atoms with Crippen molar-refractivity contribution >= 4 is 23.4 Å². The van der Waals surface area contributed by atoms with Gasteiger partial charge in [-0.1, -0.05) is 61.0 Å². The largest absolute Gasteiger partial charge is 0.487 e. The highest BCUT2D eigenvalue weighted by molar-refractivity contribution is 6.32. The third-order valence-corrected chi connectivity index (χ3v) is 5.16. The molecule has 0 bridgehead atoms. The zero-order valence-corrected chi connectivity index (χ0v) is 16.3. The fraction of sp³-hybridized carbons (Fsp3) is 0.125. The lowest BCUT2D eigenvalue weighted by Gasteiger charge is -2.10. The molecule has 0 spiro atoms. The first-order chi connectivity index (χ1) is 13.7. The first kappa shape index (κ1) is 18.3. The maximum Gasteiger partial charge on any atom is 0.167 e. The Balaban J connectivity index is 1.66. The van der Waals surface area contributed by atoms with E-state index in [1.165, 1.54) is 5.56 Å². The van der Waals surface area contributed by atoms with Gasteiger partial charge in [-0.15, -0.1) is 0 Å². The van der Waals surface area contributed by atoms with E-state index >= 15 is 0 Å². The quantitative estimate of drug-likeness (QED) is 0.367. The average molecular weight is 390 g/mol. The van der Waals surface area contributed by atoms with Gasteiger partial charge in [0.05, 0.1) is 10.7 Å². The summed E-state index contributed by atoms with van der Waals surface area (Å²) in [6, 6.07) is 21.7. The van der Waals surface area contributed by atoms with Gasteiger partial charge in [0.15, 0.2) is 6.29 Å². The number of hydrogen-bond acceptors (Lipinski definition) is 2. The third kappa shape index (κ3) is 3.54. The van der Waals surface area contributed by atoms with Crippen molar-refractivity contribution in [3.8, 4) is 16.9 Å². The van der Waals surface area contributed by atoms with Gasteiger partial charge < -0.3 is 9.14 Å². The van der Waals surface area contributed by atoms with Crippen LogP contribution < -0.4 is 4.74 Å². The molecule has 0 radical (unpaired) electrons. The summed E-state index contributed by atoms with van der Waals surface area (Å²) >= 11 is 6.47. The lowest BCUT2D eigenvalue weighted by Crippen LogP contribution is -1.96. The highest BCUT2D eigenvalue weighted by Gasteiger charge is 2.14. The van der Waals surface area contributed by atoms with Gasteiger partial charge in [0.1, 0.15) is 12.4 Å². The van der Waals surface area contributed by atoms with Gasteiger partial charge in [-0.3, -0.25) is 4.79 Å². The van der Waals surface area contributed by atoms with Crippen LogP contribution in [-0.2, 0) is 13.0 Å². The molecule has 2 aromatic heterocycles. The summed E-state index contributed by atoms with van der Waals surface area (Å²) in [5.74, 6) is 0.624. The second-order valence-electron chi connectivity index (χ2n) is 6.67. The number of aromatic nitrogens is 1. The zero-order valence-electron chi connectivity index (χ0n) is 15.6. The monoisotopic (exact) mass is 389 g/mol. The van der Waals surface area contributed by atoms with Gasteiger partial charge in [-0.2, -0.15) is 0 Å². The van der Waals surface area contributed by atoms with Crippen molar-refractivity contribution in [1.29, 1.82) is 0 Å². The SMILES string of the molecule is CCc1ccc2cc(-c3ccc(OCc4ccccc4)c(Cl)c3)c(C=O)n2c1. The molecule has 0 N–H and O–H groups in total. The number of nitrogens with zero attached hydrogens (tertiary/aromatic N) is 1. The molecule has 3 nitrogen and oxygen atoms in total. The maximum absolute atomic E-state index is 11.8. The van der Waals surface area contributed by atoms with Crippen LogP contribution in [0.3, 0.4) is 0 Å². The number of aldehydes is 1. The van der Waals surface area contributed by atoms with Crippen LogP contribution in [0.25, 0.3) is 16.6 Å². The minimum absolute atomic E-state index is 0.454. The molecule has 0 aliphatic heterocycles. The van der Waals surface area contributed by atoms with E-state index in [9.17, 15) is 4.79 Å². The fourth-order valence-electron chi connectivity index (χ4n) is 3.32. The Hall–Kier alpha value is -3.04. The zero-order chi connectivity index (χ0) is 19.5. The topological polar surface area (TPSA) is 30.7 Å². The first-order valence-corrected chi connectivity index (χ1v) is 9.63. The van der Waals surface area contributed by atoms with Crippen LogP contribution in [0.15, 0.2) is 72.9 Å². The van der Waals surface area contributed by atoms with Crippen molar-refractivity contribution < 1.29 is 9.53 Å². The first-order valence-electron chi connectivity index (χ1n) is 9.25. The summed E-state index contributed by atoms with van der Waals surface area (Å²) in [6.45, 7) is 2.55. The Morgan fingerprint density at radius 2 is 1.82 bits per heavy atom. The molecular weight excluding hydrogens is 370 g/mol. The van der Waals surface area contributed by atoms with Crippen molar-refractivity contribution in [3.63, 3.8) is 0 Å². The Bertz CT molecular complexity index is 1130. The molecule has 2 aromatic carbocycles. The molecule has 0 saturated heterocycles. The highest BCUT2D eigenvalue weighted by atomic mass is 35.5. The second kappa shape index (κ2) is 7.91. The van der Waals surface area contributed by atoms with Gasteiger partial charge in [0, 0.05) is 17.3 Å². The smallest absolute Gasteiger partial charge is 0.167 e. The van der Waals surface area contributed by atoms with Crippen LogP contribution in [0.5, 0.6) is 5.75 Å². The summed E-state index contributed by atoms with van der Waals surface area (Å²) in [5, 5.41) is 0.523. The Labute approximate surface area is 169 Å². The average Bonchev–Trinajstić information content (AvgIpc) is 3.11. The molecule has 0 aliphatic rings. The van der Waals surface area contributed by atoms with E-state index in [-0.39, 0.29) is 0 Å². The summed E-state index contributed by atoms with van der Waals surface area (Å²) in [5.41, 5.74) is 5.62. The molecule has 0 amide bonds. The minimum Gasteiger partial charge on any atom is -0.487 e. The molecule has 0 unspecified atom stereocenters. The van der Waals surface area contributed by atoms with Crippen LogP contribution in [0.1, 0.15) is 28.5 Å². The number of carbonyl (C=O) groups is 1. The molecule has 4 aromatic rings. The number of fused-ring (bicyclic) bond motifs is 1. The third-order valence-electron chi connectivity index (χ3n) is 4.87. The van der Waals surface area contributed by atoms with E-state index in [0.717, 1.165) is 34.9 Å². The van der Waals surface area contributed by atoms with Crippen molar-refractivity contribution in [2.24, 2.45) is 0 Å². The van der Waals surface area contributed by atoms with E-state index in [0.29, 0.717) is 23.1 Å². The van der Waals surface area contributed by atoms with Crippen LogP contribution in [0.4, 0.5) is 0 Å². The highest BCUT2D eigenvalue weighted by Crippen LogP contribution is 2.33. The Morgan fingerprint density at radius 1 is 1.00 bits per heavy atom. The Morgan fingerprint density at radius 3 is 2.54 bits per heavy atom. The van der Waals surface area contributed by atoms with E-state index in [4.69, 9.17) is 16.3 Å². The number of halogens is 1. The second-order valence-corrected chi connectivity index (χ2v) is 7.07. The lowest BCUT2D eigenvalue weighted by molar-refractivity contribution is 0.111. The van der Waals surface area contributed by atoms with Crippen molar-refractivity contribution in [2.75, 3.05) is 0 Å². The summed E-state index contributed by atoms with van der Waals surface area (Å²) in [6.07, 6.45) is 3.83. The number of aryl methyl sites for hydroxylation is 1. The van der Waals surface area contributed by atoms with Gasteiger partial charge in [-0.25, -0.2) is 0 Å². The van der Waals surface area contributed by atoms with Crippen molar-refractivity contribution in [3.05, 3.63) is 94.8 Å². The number of pyridine rings is 1. The molecule has 4 heteroatoms. The molecule has 28 heavy (non-hydrogen) atoms. The normalized spacial score (nSPS) is 10.9. The summed E-state index contributed by atoms with van der Waals surface area (Å²) < 4.78 is 7.79. The van der Waals surface area contributed by atoms with E-state index in [1.807, 2.05) is 71.3 Å². The van der Waals surface area contributed by atoms with Crippen molar-refractivity contribution in [2.45, 2.75) is 20.0 Å². The molecule has 2 heterocycles. The van der Waals surface area contributed by atoms with Gasteiger partial charge in [0.2, 0.25) is 0 Å². The summed E-state index contributed by atoms with van der Waals surface area (Å²) in [7, 11) is 0. The van der Waals surface area contributed by atoms with Gasteiger partial charge >= 0.3 is 0 Å². The number of ether oxygens (including phenoxy) is 1. The molecular formula is C24H20ClNO2. The molecule has 0 saturated carbocycles.